The highest BCUT2D eigenvalue weighted by Gasteiger charge is 2.19. The molecule has 0 spiro atoms. The van der Waals surface area contributed by atoms with Crippen LogP contribution in [-0.2, 0) is 13.1 Å². The van der Waals surface area contributed by atoms with Gasteiger partial charge in [0.25, 0.3) is 11.8 Å². The van der Waals surface area contributed by atoms with Crippen LogP contribution in [0.3, 0.4) is 0 Å². The fourth-order valence-corrected chi connectivity index (χ4v) is 4.23. The van der Waals surface area contributed by atoms with Crippen molar-refractivity contribution in [2.24, 2.45) is 11.5 Å². The summed E-state index contributed by atoms with van der Waals surface area (Å²) in [5.74, 6) is -1.44. The molecule has 2 amide bonds. The number of benzene rings is 2. The van der Waals surface area contributed by atoms with Gasteiger partial charge < -0.3 is 27.0 Å². The van der Waals surface area contributed by atoms with E-state index >= 15 is 0 Å². The van der Waals surface area contributed by atoms with Crippen molar-refractivity contribution < 1.29 is 19.8 Å². The summed E-state index contributed by atoms with van der Waals surface area (Å²) in [5.41, 5.74) is 14.2. The molecule has 0 saturated carbocycles. The van der Waals surface area contributed by atoms with Crippen molar-refractivity contribution in [2.75, 3.05) is 39.3 Å². The monoisotopic (exact) mass is 455 g/mol. The summed E-state index contributed by atoms with van der Waals surface area (Å²) in [6.07, 6.45) is 0. The molecule has 0 bridgehead atoms. The lowest BCUT2D eigenvalue weighted by atomic mass is 10.0. The lowest BCUT2D eigenvalue weighted by Crippen LogP contribution is -2.35. The number of carbonyl (C=O) groups is 2. The Balaban J connectivity index is 1.76. The lowest BCUT2D eigenvalue weighted by molar-refractivity contribution is 0.0988. The number of phenols is 2. The molecule has 1 aliphatic heterocycles. The standard InChI is InChI=1S/C24H33N5O4/c1-15-9-17(21(30)19(11-15)23(25)32)13-28-5-3-27-4-6-29(8-7-28)14-18-10-16(2)12-20(22(18)31)24(26)33/h9-12,27,30-31H,3-8,13-14H2,1-2H3,(H2,25,32)(H2,26,33). The van der Waals surface area contributed by atoms with Crippen LogP contribution >= 0.6 is 0 Å². The van der Waals surface area contributed by atoms with E-state index < -0.39 is 11.8 Å². The van der Waals surface area contributed by atoms with Crippen LogP contribution in [0.4, 0.5) is 0 Å². The van der Waals surface area contributed by atoms with Gasteiger partial charge in [-0.25, -0.2) is 0 Å². The van der Waals surface area contributed by atoms with E-state index in [9.17, 15) is 19.8 Å². The van der Waals surface area contributed by atoms with E-state index in [1.54, 1.807) is 12.1 Å². The summed E-state index contributed by atoms with van der Waals surface area (Å²) < 4.78 is 0. The number of carbonyl (C=O) groups excluding carboxylic acids is 2. The molecule has 0 radical (unpaired) electrons. The molecule has 1 saturated heterocycles. The quantitative estimate of drug-likeness (QED) is 0.433. The Morgan fingerprint density at radius 3 is 1.55 bits per heavy atom. The maximum Gasteiger partial charge on any atom is 0.252 e. The Hall–Kier alpha value is -3.14. The number of nitrogens with zero attached hydrogens (tertiary/aromatic N) is 2. The molecule has 0 aromatic heterocycles. The van der Waals surface area contributed by atoms with Crippen molar-refractivity contribution in [1.29, 1.82) is 0 Å². The molecule has 1 aliphatic rings. The molecule has 1 heterocycles. The van der Waals surface area contributed by atoms with E-state index in [1.807, 2.05) is 26.0 Å². The number of rotatable bonds is 6. The number of primary amides is 2. The van der Waals surface area contributed by atoms with Gasteiger partial charge in [0.2, 0.25) is 0 Å². The van der Waals surface area contributed by atoms with Crippen molar-refractivity contribution in [3.05, 3.63) is 57.6 Å². The van der Waals surface area contributed by atoms with E-state index in [1.165, 1.54) is 0 Å². The Morgan fingerprint density at radius 1 is 0.788 bits per heavy atom. The third kappa shape index (κ3) is 6.22. The Morgan fingerprint density at radius 2 is 1.18 bits per heavy atom. The fraction of sp³-hybridized carbons (Fsp3) is 0.417. The minimum absolute atomic E-state index is 0.0681. The van der Waals surface area contributed by atoms with E-state index in [4.69, 9.17) is 11.5 Å². The minimum Gasteiger partial charge on any atom is -0.507 e. The van der Waals surface area contributed by atoms with E-state index in [-0.39, 0.29) is 22.6 Å². The van der Waals surface area contributed by atoms with Crippen LogP contribution < -0.4 is 16.8 Å². The van der Waals surface area contributed by atoms with Gasteiger partial charge in [-0.3, -0.25) is 19.4 Å². The Bertz CT molecular complexity index is 959. The predicted octanol–water partition coefficient (Wildman–Crippen LogP) is 0.820. The highest BCUT2D eigenvalue weighted by molar-refractivity contribution is 5.96. The number of hydrogen-bond acceptors (Lipinski definition) is 7. The van der Waals surface area contributed by atoms with Crippen LogP contribution in [0.25, 0.3) is 0 Å². The molecule has 3 rings (SSSR count). The lowest BCUT2D eigenvalue weighted by Gasteiger charge is -2.27. The third-order valence-corrected chi connectivity index (χ3v) is 5.93. The first-order chi connectivity index (χ1) is 15.7. The van der Waals surface area contributed by atoms with Gasteiger partial charge in [0, 0.05) is 63.5 Å². The SMILES string of the molecule is Cc1cc(CN2CCNCCN(Cc3cc(C)cc(C(N)=O)c3O)CC2)c(O)c(C(N)=O)c1. The number of nitrogens with one attached hydrogen (secondary N) is 1. The molecular weight excluding hydrogens is 422 g/mol. The average Bonchev–Trinajstić information content (AvgIpc) is 2.85. The molecule has 1 fully saturated rings. The van der Waals surface area contributed by atoms with Crippen molar-refractivity contribution in [1.82, 2.24) is 15.1 Å². The first-order valence-electron chi connectivity index (χ1n) is 11.1. The van der Waals surface area contributed by atoms with Crippen molar-refractivity contribution in [3.8, 4) is 11.5 Å². The summed E-state index contributed by atoms with van der Waals surface area (Å²) in [6.45, 7) is 9.23. The molecule has 7 N–H and O–H groups in total. The Kier molecular flexibility index (Phi) is 7.91. The highest BCUT2D eigenvalue weighted by Crippen LogP contribution is 2.27. The fourth-order valence-electron chi connectivity index (χ4n) is 4.23. The molecule has 0 atom stereocenters. The predicted molar refractivity (Wildman–Crippen MR) is 126 cm³/mol. The average molecular weight is 456 g/mol. The van der Waals surface area contributed by atoms with Gasteiger partial charge in [-0.2, -0.15) is 0 Å². The molecule has 9 heteroatoms. The molecule has 0 aliphatic carbocycles. The largest absolute Gasteiger partial charge is 0.507 e. The van der Waals surface area contributed by atoms with E-state index in [0.29, 0.717) is 24.2 Å². The highest BCUT2D eigenvalue weighted by atomic mass is 16.3. The Labute approximate surface area is 194 Å². The zero-order valence-electron chi connectivity index (χ0n) is 19.2. The summed E-state index contributed by atoms with van der Waals surface area (Å²) in [6, 6.07) is 6.93. The van der Waals surface area contributed by atoms with Crippen LogP contribution in [0.15, 0.2) is 24.3 Å². The first kappa shape index (κ1) is 24.5. The zero-order chi connectivity index (χ0) is 24.1. The zero-order valence-corrected chi connectivity index (χ0v) is 19.2. The van der Waals surface area contributed by atoms with Crippen molar-refractivity contribution in [3.63, 3.8) is 0 Å². The number of hydrogen-bond donors (Lipinski definition) is 5. The number of aryl methyl sites for hydroxylation is 2. The van der Waals surface area contributed by atoms with E-state index in [0.717, 1.165) is 50.4 Å². The number of nitrogens with two attached hydrogens (primary N) is 2. The maximum absolute atomic E-state index is 11.7. The second-order valence-electron chi connectivity index (χ2n) is 8.67. The molecule has 2 aromatic carbocycles. The van der Waals surface area contributed by atoms with Gasteiger partial charge >= 0.3 is 0 Å². The number of amides is 2. The maximum atomic E-state index is 11.7. The van der Waals surface area contributed by atoms with Crippen LogP contribution in [0, 0.1) is 13.8 Å². The molecule has 33 heavy (non-hydrogen) atoms. The first-order valence-corrected chi connectivity index (χ1v) is 11.1. The number of aromatic hydroxyl groups is 2. The second kappa shape index (κ2) is 10.7. The van der Waals surface area contributed by atoms with Gasteiger partial charge in [-0.15, -0.1) is 0 Å². The summed E-state index contributed by atoms with van der Waals surface area (Å²) in [5, 5.41) is 24.5. The smallest absolute Gasteiger partial charge is 0.252 e. The van der Waals surface area contributed by atoms with Gasteiger partial charge in [-0.05, 0) is 37.1 Å². The van der Waals surface area contributed by atoms with Gasteiger partial charge in [0.1, 0.15) is 11.5 Å². The van der Waals surface area contributed by atoms with Crippen LogP contribution in [0.1, 0.15) is 43.0 Å². The molecular formula is C24H33N5O4. The molecule has 9 nitrogen and oxygen atoms in total. The molecule has 178 valence electrons. The molecule has 0 unspecified atom stereocenters. The topological polar surface area (TPSA) is 145 Å². The van der Waals surface area contributed by atoms with Crippen LogP contribution in [0.5, 0.6) is 11.5 Å². The van der Waals surface area contributed by atoms with Gasteiger partial charge in [0.15, 0.2) is 0 Å². The van der Waals surface area contributed by atoms with Gasteiger partial charge in [0.05, 0.1) is 11.1 Å². The minimum atomic E-state index is -0.650. The molecule has 2 aromatic rings. The normalized spacial score (nSPS) is 16.1. The summed E-state index contributed by atoms with van der Waals surface area (Å²) in [4.78, 5) is 27.8. The second-order valence-corrected chi connectivity index (χ2v) is 8.67. The van der Waals surface area contributed by atoms with Crippen molar-refractivity contribution >= 4 is 11.8 Å². The van der Waals surface area contributed by atoms with Crippen LogP contribution in [0.2, 0.25) is 0 Å². The summed E-state index contributed by atoms with van der Waals surface area (Å²) >= 11 is 0. The van der Waals surface area contributed by atoms with E-state index in [2.05, 4.69) is 15.1 Å². The third-order valence-electron chi connectivity index (χ3n) is 5.93. The van der Waals surface area contributed by atoms with Gasteiger partial charge in [-0.1, -0.05) is 12.1 Å². The van der Waals surface area contributed by atoms with Crippen molar-refractivity contribution in [2.45, 2.75) is 26.9 Å². The summed E-state index contributed by atoms with van der Waals surface area (Å²) in [7, 11) is 0. The van der Waals surface area contributed by atoms with Crippen LogP contribution in [-0.4, -0.2) is 71.1 Å².